The monoisotopic (exact) mass is 289 g/mol. The average Bonchev–Trinajstić information content (AvgIpc) is 2.38. The van der Waals surface area contributed by atoms with Gasteiger partial charge in [-0.25, -0.2) is 0 Å². The van der Waals surface area contributed by atoms with Gasteiger partial charge in [-0.2, -0.15) is 0 Å². The Morgan fingerprint density at radius 1 is 1.19 bits per heavy atom. The zero-order valence-electron chi connectivity index (χ0n) is 10.0. The standard InChI is InChI=1S/C12H20BrNO2/c1-9(2)10(7-13)8-14-11(15)5-3-4-6-12(14)16/h9-10H,3-8H2,1-2H3. The topological polar surface area (TPSA) is 37.4 Å². The van der Waals surface area contributed by atoms with Gasteiger partial charge in [-0.15, -0.1) is 0 Å². The molecule has 4 heteroatoms. The van der Waals surface area contributed by atoms with Crippen molar-refractivity contribution in [3.05, 3.63) is 0 Å². The Bertz CT molecular complexity index is 248. The molecule has 0 radical (unpaired) electrons. The van der Waals surface area contributed by atoms with Gasteiger partial charge in [-0.3, -0.25) is 14.5 Å². The van der Waals surface area contributed by atoms with Crippen molar-refractivity contribution in [3.8, 4) is 0 Å². The van der Waals surface area contributed by atoms with E-state index in [2.05, 4.69) is 29.8 Å². The Balaban J connectivity index is 2.67. The third-order valence-electron chi connectivity index (χ3n) is 3.19. The van der Waals surface area contributed by atoms with Crippen LogP contribution in [0.4, 0.5) is 0 Å². The molecule has 0 aromatic heterocycles. The van der Waals surface area contributed by atoms with Crippen molar-refractivity contribution in [3.63, 3.8) is 0 Å². The predicted octanol–water partition coefficient (Wildman–Crippen LogP) is 2.58. The summed E-state index contributed by atoms with van der Waals surface area (Å²) in [6, 6.07) is 0. The van der Waals surface area contributed by atoms with Gasteiger partial charge in [0.05, 0.1) is 0 Å². The van der Waals surface area contributed by atoms with E-state index in [-0.39, 0.29) is 11.8 Å². The van der Waals surface area contributed by atoms with E-state index in [1.54, 1.807) is 0 Å². The first kappa shape index (κ1) is 13.7. The van der Waals surface area contributed by atoms with Gasteiger partial charge < -0.3 is 0 Å². The van der Waals surface area contributed by atoms with Crippen LogP contribution in [-0.2, 0) is 9.59 Å². The number of imide groups is 1. The maximum absolute atomic E-state index is 11.8. The molecule has 1 unspecified atom stereocenters. The zero-order chi connectivity index (χ0) is 12.1. The maximum Gasteiger partial charge on any atom is 0.229 e. The molecule has 1 atom stereocenters. The highest BCUT2D eigenvalue weighted by Gasteiger charge is 2.27. The lowest BCUT2D eigenvalue weighted by Crippen LogP contribution is -2.40. The summed E-state index contributed by atoms with van der Waals surface area (Å²) in [4.78, 5) is 25.0. The molecule has 3 nitrogen and oxygen atoms in total. The van der Waals surface area contributed by atoms with Crippen LogP contribution in [-0.4, -0.2) is 28.6 Å². The molecule has 1 fully saturated rings. The highest BCUT2D eigenvalue weighted by Crippen LogP contribution is 2.19. The second-order valence-electron chi connectivity index (χ2n) is 4.76. The molecule has 0 aromatic rings. The number of amides is 2. The minimum atomic E-state index is 0.00843. The van der Waals surface area contributed by atoms with E-state index in [0.29, 0.717) is 31.2 Å². The van der Waals surface area contributed by atoms with Crippen LogP contribution in [0.2, 0.25) is 0 Å². The van der Waals surface area contributed by atoms with Gasteiger partial charge in [0, 0.05) is 24.7 Å². The van der Waals surface area contributed by atoms with Gasteiger partial charge in [-0.1, -0.05) is 29.8 Å². The summed E-state index contributed by atoms with van der Waals surface area (Å²) in [5.74, 6) is 0.845. The lowest BCUT2D eigenvalue weighted by atomic mass is 9.97. The number of likely N-dealkylation sites (tertiary alicyclic amines) is 1. The third-order valence-corrected chi connectivity index (χ3v) is 4.02. The summed E-state index contributed by atoms with van der Waals surface area (Å²) < 4.78 is 0. The molecule has 1 aliphatic rings. The first-order valence-corrected chi connectivity index (χ1v) is 7.07. The van der Waals surface area contributed by atoms with E-state index < -0.39 is 0 Å². The summed E-state index contributed by atoms with van der Waals surface area (Å²) in [7, 11) is 0. The van der Waals surface area contributed by atoms with Crippen molar-refractivity contribution < 1.29 is 9.59 Å². The van der Waals surface area contributed by atoms with Gasteiger partial charge in [0.2, 0.25) is 11.8 Å². The van der Waals surface area contributed by atoms with E-state index in [0.717, 1.165) is 18.2 Å². The Hall–Kier alpha value is -0.380. The van der Waals surface area contributed by atoms with Crippen LogP contribution in [0.5, 0.6) is 0 Å². The van der Waals surface area contributed by atoms with E-state index in [9.17, 15) is 9.59 Å². The fraction of sp³-hybridized carbons (Fsp3) is 0.833. The number of hydrogen-bond acceptors (Lipinski definition) is 2. The fourth-order valence-electron chi connectivity index (χ4n) is 1.84. The lowest BCUT2D eigenvalue weighted by molar-refractivity contribution is -0.144. The van der Waals surface area contributed by atoms with Crippen molar-refractivity contribution in [1.29, 1.82) is 0 Å². The Morgan fingerprint density at radius 2 is 1.69 bits per heavy atom. The van der Waals surface area contributed by atoms with Crippen molar-refractivity contribution >= 4 is 27.7 Å². The molecule has 1 saturated heterocycles. The maximum atomic E-state index is 11.8. The number of carbonyl (C=O) groups is 2. The molecule has 0 saturated carbocycles. The molecule has 0 aliphatic carbocycles. The molecule has 92 valence electrons. The number of alkyl halides is 1. The van der Waals surface area contributed by atoms with E-state index in [1.165, 1.54) is 4.90 Å². The fourth-order valence-corrected chi connectivity index (χ4v) is 2.79. The summed E-state index contributed by atoms with van der Waals surface area (Å²) in [5.41, 5.74) is 0. The quantitative estimate of drug-likeness (QED) is 0.589. The normalized spacial score (nSPS) is 20.1. The molecular weight excluding hydrogens is 270 g/mol. The van der Waals surface area contributed by atoms with Gasteiger partial charge in [0.15, 0.2) is 0 Å². The molecule has 0 aromatic carbocycles. The SMILES string of the molecule is CC(C)C(CBr)CN1C(=O)CCCCC1=O. The molecule has 1 heterocycles. The van der Waals surface area contributed by atoms with E-state index >= 15 is 0 Å². The van der Waals surface area contributed by atoms with Gasteiger partial charge in [0.25, 0.3) is 0 Å². The Labute approximate surface area is 106 Å². The zero-order valence-corrected chi connectivity index (χ0v) is 11.6. The first-order chi connectivity index (χ1) is 7.56. The van der Waals surface area contributed by atoms with Crippen LogP contribution in [0.1, 0.15) is 39.5 Å². The number of nitrogens with zero attached hydrogens (tertiary/aromatic N) is 1. The molecular formula is C12H20BrNO2. The summed E-state index contributed by atoms with van der Waals surface area (Å²) in [6.07, 6.45) is 2.75. The molecule has 1 aliphatic heterocycles. The average molecular weight is 290 g/mol. The molecule has 0 N–H and O–H groups in total. The number of halogens is 1. The third kappa shape index (κ3) is 3.58. The number of rotatable bonds is 4. The second-order valence-corrected chi connectivity index (χ2v) is 5.41. The second kappa shape index (κ2) is 6.38. The van der Waals surface area contributed by atoms with Crippen LogP contribution in [0.3, 0.4) is 0 Å². The van der Waals surface area contributed by atoms with Crippen LogP contribution < -0.4 is 0 Å². The first-order valence-electron chi connectivity index (χ1n) is 5.95. The molecule has 0 spiro atoms. The lowest BCUT2D eigenvalue weighted by Gasteiger charge is -2.26. The Morgan fingerprint density at radius 3 is 2.06 bits per heavy atom. The van der Waals surface area contributed by atoms with Crippen LogP contribution in [0.25, 0.3) is 0 Å². The van der Waals surface area contributed by atoms with Crippen LogP contribution in [0.15, 0.2) is 0 Å². The number of carbonyl (C=O) groups excluding carboxylic acids is 2. The van der Waals surface area contributed by atoms with Crippen LogP contribution >= 0.6 is 15.9 Å². The molecule has 2 amide bonds. The minimum Gasteiger partial charge on any atom is -0.282 e. The molecule has 16 heavy (non-hydrogen) atoms. The summed E-state index contributed by atoms with van der Waals surface area (Å²) in [5, 5.41) is 0.835. The Kier molecular flexibility index (Phi) is 5.46. The van der Waals surface area contributed by atoms with Crippen molar-refractivity contribution in [2.75, 3.05) is 11.9 Å². The summed E-state index contributed by atoms with van der Waals surface area (Å²) in [6.45, 7) is 4.82. The highest BCUT2D eigenvalue weighted by molar-refractivity contribution is 9.09. The highest BCUT2D eigenvalue weighted by atomic mass is 79.9. The van der Waals surface area contributed by atoms with E-state index in [4.69, 9.17) is 0 Å². The smallest absolute Gasteiger partial charge is 0.229 e. The largest absolute Gasteiger partial charge is 0.282 e. The van der Waals surface area contributed by atoms with Crippen LogP contribution in [0, 0.1) is 11.8 Å². The van der Waals surface area contributed by atoms with Crippen molar-refractivity contribution in [2.45, 2.75) is 39.5 Å². The van der Waals surface area contributed by atoms with Crippen molar-refractivity contribution in [2.24, 2.45) is 11.8 Å². The molecule has 0 bridgehead atoms. The van der Waals surface area contributed by atoms with Gasteiger partial charge >= 0.3 is 0 Å². The predicted molar refractivity (Wildman–Crippen MR) is 67.3 cm³/mol. The van der Waals surface area contributed by atoms with E-state index in [1.807, 2.05) is 0 Å². The molecule has 1 rings (SSSR count). The summed E-state index contributed by atoms with van der Waals surface area (Å²) >= 11 is 3.45. The number of hydrogen-bond donors (Lipinski definition) is 0. The van der Waals surface area contributed by atoms with Gasteiger partial charge in [0.1, 0.15) is 0 Å². The van der Waals surface area contributed by atoms with Crippen molar-refractivity contribution in [1.82, 2.24) is 4.90 Å². The van der Waals surface area contributed by atoms with Gasteiger partial charge in [-0.05, 0) is 24.7 Å². The minimum absolute atomic E-state index is 0.00843.